The summed E-state index contributed by atoms with van der Waals surface area (Å²) in [7, 11) is 0. The largest absolute Gasteiger partial charge is 0.454 e. The van der Waals surface area contributed by atoms with Gasteiger partial charge in [-0.05, 0) is 12.0 Å². The van der Waals surface area contributed by atoms with E-state index >= 15 is 0 Å². The van der Waals surface area contributed by atoms with Crippen molar-refractivity contribution in [2.24, 2.45) is 0 Å². The maximum absolute atomic E-state index is 13.5. The van der Waals surface area contributed by atoms with E-state index in [1.165, 1.54) is 0 Å². The molecule has 2 rings (SSSR count). The Hall–Kier alpha value is -2.38. The fraction of sp³-hybridized carbons (Fsp3) is 0.286. The van der Waals surface area contributed by atoms with Crippen molar-refractivity contribution in [2.45, 2.75) is 12.6 Å². The van der Waals surface area contributed by atoms with E-state index in [4.69, 9.17) is 0 Å². The Morgan fingerprint density at radius 1 is 1.14 bits per heavy atom. The molecule has 0 aliphatic carbocycles. The summed E-state index contributed by atoms with van der Waals surface area (Å²) in [6.45, 7) is -1.15. The monoisotopic (exact) mass is 315 g/mol. The lowest BCUT2D eigenvalue weighted by atomic mass is 10.1. The number of hydrogen-bond acceptors (Lipinski definition) is 4. The van der Waals surface area contributed by atoms with Crippen molar-refractivity contribution in [2.75, 3.05) is 18.5 Å². The molecule has 2 aromatic rings. The van der Waals surface area contributed by atoms with Gasteiger partial charge in [0.15, 0.2) is 18.2 Å². The van der Waals surface area contributed by atoms with Crippen molar-refractivity contribution in [1.29, 1.82) is 0 Å². The van der Waals surface area contributed by atoms with Gasteiger partial charge in [-0.15, -0.1) is 0 Å². The quantitative estimate of drug-likeness (QED) is 0.832. The number of rotatable bonds is 6. The van der Waals surface area contributed by atoms with Gasteiger partial charge < -0.3 is 10.1 Å². The molecule has 1 aromatic carbocycles. The number of anilines is 1. The molecule has 0 saturated heterocycles. The minimum absolute atomic E-state index is 0.192. The zero-order valence-corrected chi connectivity index (χ0v) is 11.4. The third-order valence-corrected chi connectivity index (χ3v) is 2.64. The summed E-state index contributed by atoms with van der Waals surface area (Å²) in [5.74, 6) is -0.949. The molecule has 118 valence electrons. The second-order valence-corrected chi connectivity index (χ2v) is 4.42. The molecular formula is C14H13F4N3O. The van der Waals surface area contributed by atoms with E-state index in [2.05, 4.69) is 20.0 Å². The Kier molecular flexibility index (Phi) is 5.13. The highest BCUT2D eigenvalue weighted by Gasteiger charge is 2.29. The molecule has 8 heteroatoms. The van der Waals surface area contributed by atoms with E-state index in [-0.39, 0.29) is 5.82 Å². The lowest BCUT2D eigenvalue weighted by Crippen LogP contribution is -2.20. The van der Waals surface area contributed by atoms with Crippen molar-refractivity contribution in [3.05, 3.63) is 47.9 Å². The summed E-state index contributed by atoms with van der Waals surface area (Å²) in [5, 5.41) is 2.71. The van der Waals surface area contributed by atoms with Crippen LogP contribution in [0.1, 0.15) is 5.56 Å². The molecule has 0 aliphatic heterocycles. The number of ether oxygens (including phenoxy) is 1. The molecule has 0 bridgehead atoms. The van der Waals surface area contributed by atoms with Crippen LogP contribution in [0.3, 0.4) is 0 Å². The fourth-order valence-electron chi connectivity index (χ4n) is 1.66. The third-order valence-electron chi connectivity index (χ3n) is 2.64. The first-order valence-electron chi connectivity index (χ1n) is 6.44. The molecule has 0 atom stereocenters. The fourth-order valence-corrected chi connectivity index (χ4v) is 1.66. The van der Waals surface area contributed by atoms with Crippen LogP contribution in [0.4, 0.5) is 23.4 Å². The molecule has 4 nitrogen and oxygen atoms in total. The van der Waals surface area contributed by atoms with E-state index < -0.39 is 24.6 Å². The summed E-state index contributed by atoms with van der Waals surface area (Å²) in [5.41, 5.74) is 1.04. The van der Waals surface area contributed by atoms with Gasteiger partial charge in [0.25, 0.3) is 0 Å². The molecule has 22 heavy (non-hydrogen) atoms. The smallest absolute Gasteiger partial charge is 0.422 e. The minimum Gasteiger partial charge on any atom is -0.454 e. The van der Waals surface area contributed by atoms with Crippen LogP contribution >= 0.6 is 0 Å². The number of benzene rings is 1. The molecular weight excluding hydrogens is 302 g/mol. The van der Waals surface area contributed by atoms with Crippen molar-refractivity contribution in [3.63, 3.8) is 0 Å². The molecule has 0 amide bonds. The molecule has 0 radical (unpaired) electrons. The van der Waals surface area contributed by atoms with Gasteiger partial charge in [0.2, 0.25) is 0 Å². The molecule has 0 spiro atoms. The molecule has 0 saturated carbocycles. The standard InChI is InChI=1S/C14H13F4N3O/c15-11-8-20-13(22-9-14(16,17)18)21-12(11)19-7-6-10-4-2-1-3-5-10/h1-5,8H,6-7,9H2,(H,19,20,21). The van der Waals surface area contributed by atoms with Gasteiger partial charge >= 0.3 is 12.2 Å². The maximum atomic E-state index is 13.5. The van der Waals surface area contributed by atoms with E-state index in [0.717, 1.165) is 11.8 Å². The van der Waals surface area contributed by atoms with Crippen LogP contribution in [0.25, 0.3) is 0 Å². The highest BCUT2D eigenvalue weighted by atomic mass is 19.4. The lowest BCUT2D eigenvalue weighted by Gasteiger charge is -2.10. The summed E-state index contributed by atoms with van der Waals surface area (Å²) in [4.78, 5) is 6.95. The summed E-state index contributed by atoms with van der Waals surface area (Å²) in [6.07, 6.45) is -3.12. The van der Waals surface area contributed by atoms with Crippen molar-refractivity contribution < 1.29 is 22.3 Å². The number of nitrogens with zero attached hydrogens (tertiary/aromatic N) is 2. The molecule has 1 heterocycles. The molecule has 0 fully saturated rings. The van der Waals surface area contributed by atoms with Gasteiger partial charge in [-0.1, -0.05) is 30.3 Å². The number of halogens is 4. The normalized spacial score (nSPS) is 11.3. The van der Waals surface area contributed by atoms with Crippen molar-refractivity contribution in [1.82, 2.24) is 9.97 Å². The van der Waals surface area contributed by atoms with E-state index in [1.54, 1.807) is 0 Å². The average Bonchev–Trinajstić information content (AvgIpc) is 2.48. The summed E-state index contributed by atoms with van der Waals surface area (Å²) in [6, 6.07) is 8.94. The van der Waals surface area contributed by atoms with Gasteiger partial charge in [-0.3, -0.25) is 0 Å². The molecule has 0 aliphatic rings. The first-order chi connectivity index (χ1) is 10.4. The maximum Gasteiger partial charge on any atom is 0.422 e. The third kappa shape index (κ3) is 5.19. The van der Waals surface area contributed by atoms with Gasteiger partial charge in [0.05, 0.1) is 6.20 Å². The van der Waals surface area contributed by atoms with Crippen LogP contribution in [0.5, 0.6) is 6.01 Å². The summed E-state index contributed by atoms with van der Waals surface area (Å²) < 4.78 is 54.0. The van der Waals surface area contributed by atoms with E-state index in [9.17, 15) is 17.6 Å². The SMILES string of the molecule is Fc1cnc(OCC(F)(F)F)nc1NCCc1ccccc1. The predicted molar refractivity (Wildman–Crippen MR) is 72.2 cm³/mol. The Balaban J connectivity index is 1.92. The number of alkyl halides is 3. The molecule has 1 aromatic heterocycles. The van der Waals surface area contributed by atoms with Crippen LogP contribution in [-0.4, -0.2) is 29.3 Å². The first-order valence-corrected chi connectivity index (χ1v) is 6.44. The van der Waals surface area contributed by atoms with Crippen LogP contribution in [0.15, 0.2) is 36.5 Å². The highest BCUT2D eigenvalue weighted by Crippen LogP contribution is 2.18. The van der Waals surface area contributed by atoms with Crippen LogP contribution in [0, 0.1) is 5.82 Å². The lowest BCUT2D eigenvalue weighted by molar-refractivity contribution is -0.154. The summed E-state index contributed by atoms with van der Waals surface area (Å²) >= 11 is 0. The van der Waals surface area contributed by atoms with Crippen molar-refractivity contribution >= 4 is 5.82 Å². The Morgan fingerprint density at radius 2 is 1.86 bits per heavy atom. The topological polar surface area (TPSA) is 47.0 Å². The molecule has 1 N–H and O–H groups in total. The van der Waals surface area contributed by atoms with Gasteiger partial charge in [0.1, 0.15) is 0 Å². The second kappa shape index (κ2) is 7.06. The van der Waals surface area contributed by atoms with Crippen molar-refractivity contribution in [3.8, 4) is 6.01 Å². The Labute approximate surface area is 124 Å². The van der Waals surface area contributed by atoms with Crippen LogP contribution in [0.2, 0.25) is 0 Å². The molecule has 0 unspecified atom stereocenters. The second-order valence-electron chi connectivity index (χ2n) is 4.42. The number of hydrogen-bond donors (Lipinski definition) is 1. The highest BCUT2D eigenvalue weighted by molar-refractivity contribution is 5.36. The Morgan fingerprint density at radius 3 is 2.55 bits per heavy atom. The van der Waals surface area contributed by atoms with E-state index in [0.29, 0.717) is 13.0 Å². The van der Waals surface area contributed by atoms with Crippen LogP contribution < -0.4 is 10.1 Å². The zero-order valence-electron chi connectivity index (χ0n) is 11.4. The van der Waals surface area contributed by atoms with Gasteiger partial charge in [0, 0.05) is 6.54 Å². The van der Waals surface area contributed by atoms with Gasteiger partial charge in [-0.25, -0.2) is 9.37 Å². The first kappa shape index (κ1) is 16.0. The van der Waals surface area contributed by atoms with Gasteiger partial charge in [-0.2, -0.15) is 18.2 Å². The van der Waals surface area contributed by atoms with E-state index in [1.807, 2.05) is 30.3 Å². The predicted octanol–water partition coefficient (Wildman–Crippen LogP) is 3.21. The number of nitrogens with one attached hydrogen (secondary N) is 1. The Bertz CT molecular complexity index is 605. The van der Waals surface area contributed by atoms with Crippen LogP contribution in [-0.2, 0) is 6.42 Å². The average molecular weight is 315 g/mol. The minimum atomic E-state index is -4.50. The number of aromatic nitrogens is 2. The zero-order chi connectivity index (χ0) is 16.0.